The highest BCUT2D eigenvalue weighted by atomic mass is 16.1. The second kappa shape index (κ2) is 8.94. The van der Waals surface area contributed by atoms with Crippen molar-refractivity contribution in [2.45, 2.75) is 13.3 Å². The lowest BCUT2D eigenvalue weighted by Crippen LogP contribution is -2.13. The first-order valence-corrected chi connectivity index (χ1v) is 9.49. The number of hydrogen-bond acceptors (Lipinski definition) is 3. The summed E-state index contributed by atoms with van der Waals surface area (Å²) < 4.78 is 1.94. The maximum absolute atomic E-state index is 12.6. The van der Waals surface area contributed by atoms with E-state index in [0.29, 0.717) is 5.69 Å². The van der Waals surface area contributed by atoms with E-state index in [1.54, 1.807) is 6.08 Å². The fourth-order valence-corrected chi connectivity index (χ4v) is 2.98. The standard InChI is InChI=1S/C24H24N4O/c1-4-18-7-9-20(10-8-18)26-24(29)19(17-25)16-23-6-5-15-28(23)22-13-11-21(12-14-22)27(2)3/h5-16H,4H2,1-3H3,(H,26,29)/b19-16-. The van der Waals surface area contributed by atoms with Crippen molar-refractivity contribution in [3.8, 4) is 11.8 Å². The second-order valence-corrected chi connectivity index (χ2v) is 6.89. The molecule has 29 heavy (non-hydrogen) atoms. The molecule has 0 saturated heterocycles. The van der Waals surface area contributed by atoms with E-state index >= 15 is 0 Å². The van der Waals surface area contributed by atoms with E-state index in [1.165, 1.54) is 5.56 Å². The zero-order valence-corrected chi connectivity index (χ0v) is 16.9. The molecule has 1 amide bonds. The maximum Gasteiger partial charge on any atom is 0.266 e. The van der Waals surface area contributed by atoms with Gasteiger partial charge in [-0.25, -0.2) is 0 Å². The normalized spacial score (nSPS) is 11.0. The molecule has 1 heterocycles. The van der Waals surface area contributed by atoms with Gasteiger partial charge in [-0.05, 0) is 66.6 Å². The van der Waals surface area contributed by atoms with Crippen molar-refractivity contribution in [1.29, 1.82) is 5.26 Å². The Morgan fingerprint density at radius 1 is 1.10 bits per heavy atom. The highest BCUT2D eigenvalue weighted by Gasteiger charge is 2.11. The van der Waals surface area contributed by atoms with Gasteiger partial charge in [0, 0.05) is 43.0 Å². The second-order valence-electron chi connectivity index (χ2n) is 6.89. The van der Waals surface area contributed by atoms with Crippen molar-refractivity contribution >= 4 is 23.4 Å². The molecule has 0 atom stereocenters. The predicted molar refractivity (Wildman–Crippen MR) is 118 cm³/mol. The zero-order valence-electron chi connectivity index (χ0n) is 16.9. The van der Waals surface area contributed by atoms with Gasteiger partial charge in [-0.15, -0.1) is 0 Å². The number of aryl methyl sites for hydroxylation is 1. The van der Waals surface area contributed by atoms with Crippen molar-refractivity contribution in [2.24, 2.45) is 0 Å². The molecule has 1 N–H and O–H groups in total. The minimum Gasteiger partial charge on any atom is -0.378 e. The number of rotatable bonds is 6. The Bertz CT molecular complexity index is 1050. The van der Waals surface area contributed by atoms with Crippen LogP contribution in [0.25, 0.3) is 11.8 Å². The summed E-state index contributed by atoms with van der Waals surface area (Å²) in [5.41, 5.74) is 4.73. The van der Waals surface area contributed by atoms with Crippen molar-refractivity contribution in [3.63, 3.8) is 0 Å². The molecule has 0 unspecified atom stereocenters. The summed E-state index contributed by atoms with van der Waals surface area (Å²) in [6.07, 6.45) is 4.45. The van der Waals surface area contributed by atoms with Crippen LogP contribution in [0.1, 0.15) is 18.2 Å². The van der Waals surface area contributed by atoms with Gasteiger partial charge in [0.1, 0.15) is 11.6 Å². The SMILES string of the molecule is CCc1ccc(NC(=O)/C(C#N)=C\c2cccn2-c2ccc(N(C)C)cc2)cc1. The Kier molecular flexibility index (Phi) is 6.16. The first-order chi connectivity index (χ1) is 14.0. The molecule has 146 valence electrons. The molecule has 0 spiro atoms. The molecule has 0 bridgehead atoms. The van der Waals surface area contributed by atoms with Crippen LogP contribution in [0.2, 0.25) is 0 Å². The van der Waals surface area contributed by atoms with Crippen LogP contribution >= 0.6 is 0 Å². The van der Waals surface area contributed by atoms with Gasteiger partial charge in [0.2, 0.25) is 0 Å². The van der Waals surface area contributed by atoms with E-state index < -0.39 is 5.91 Å². The number of amides is 1. The van der Waals surface area contributed by atoms with Crippen LogP contribution < -0.4 is 10.2 Å². The van der Waals surface area contributed by atoms with Gasteiger partial charge in [0.15, 0.2) is 0 Å². The first kappa shape index (κ1) is 20.0. The molecule has 3 aromatic rings. The minimum atomic E-state index is -0.424. The van der Waals surface area contributed by atoms with E-state index in [0.717, 1.165) is 23.5 Å². The average Bonchev–Trinajstić information content (AvgIpc) is 3.20. The fraction of sp³-hybridized carbons (Fsp3) is 0.167. The number of anilines is 2. The monoisotopic (exact) mass is 384 g/mol. The molecule has 0 aliphatic rings. The van der Waals surface area contributed by atoms with Gasteiger partial charge in [0.05, 0.1) is 0 Å². The number of nitriles is 1. The van der Waals surface area contributed by atoms with Crippen LogP contribution in [0.3, 0.4) is 0 Å². The summed E-state index contributed by atoms with van der Waals surface area (Å²) in [5.74, 6) is -0.424. The lowest BCUT2D eigenvalue weighted by Gasteiger charge is -2.14. The minimum absolute atomic E-state index is 0.0504. The summed E-state index contributed by atoms with van der Waals surface area (Å²) in [5, 5.41) is 12.3. The molecule has 2 aromatic carbocycles. The molecule has 3 rings (SSSR count). The lowest BCUT2D eigenvalue weighted by molar-refractivity contribution is -0.112. The molecule has 5 heteroatoms. The Balaban J connectivity index is 1.83. The molecular formula is C24H24N4O. The van der Waals surface area contributed by atoms with Crippen LogP contribution in [-0.2, 0) is 11.2 Å². The van der Waals surface area contributed by atoms with E-state index in [2.05, 4.69) is 12.2 Å². The molecule has 0 saturated carbocycles. The van der Waals surface area contributed by atoms with Crippen molar-refractivity contribution < 1.29 is 4.79 Å². The third-order valence-corrected chi connectivity index (χ3v) is 4.70. The van der Waals surface area contributed by atoms with E-state index in [1.807, 2.05) is 96.5 Å². The van der Waals surface area contributed by atoms with Gasteiger partial charge in [-0.2, -0.15) is 5.26 Å². The third-order valence-electron chi connectivity index (χ3n) is 4.70. The molecule has 0 fully saturated rings. The summed E-state index contributed by atoms with van der Waals surface area (Å²) >= 11 is 0. The van der Waals surface area contributed by atoms with Crippen LogP contribution in [0.5, 0.6) is 0 Å². The van der Waals surface area contributed by atoms with Crippen molar-refractivity contribution in [1.82, 2.24) is 4.57 Å². The van der Waals surface area contributed by atoms with Gasteiger partial charge in [0.25, 0.3) is 5.91 Å². The summed E-state index contributed by atoms with van der Waals surface area (Å²) in [4.78, 5) is 14.6. The molecule has 0 aliphatic carbocycles. The predicted octanol–water partition coefficient (Wildman–Crippen LogP) is 4.65. The largest absolute Gasteiger partial charge is 0.378 e. The van der Waals surface area contributed by atoms with Crippen LogP contribution in [0.4, 0.5) is 11.4 Å². The highest BCUT2D eigenvalue weighted by molar-refractivity contribution is 6.09. The Labute approximate surface area is 171 Å². The molecule has 0 aliphatic heterocycles. The fourth-order valence-electron chi connectivity index (χ4n) is 2.98. The molecule has 5 nitrogen and oxygen atoms in total. The molecule has 1 aromatic heterocycles. The number of carbonyl (C=O) groups excluding carboxylic acids is 1. The van der Waals surface area contributed by atoms with E-state index in [9.17, 15) is 10.1 Å². The van der Waals surface area contributed by atoms with Gasteiger partial charge in [-0.3, -0.25) is 4.79 Å². The summed E-state index contributed by atoms with van der Waals surface area (Å²) in [7, 11) is 3.98. The third kappa shape index (κ3) is 4.74. The summed E-state index contributed by atoms with van der Waals surface area (Å²) in [6, 6.07) is 21.5. The maximum atomic E-state index is 12.6. The quantitative estimate of drug-likeness (QED) is 0.497. The van der Waals surface area contributed by atoms with E-state index in [-0.39, 0.29) is 5.57 Å². The first-order valence-electron chi connectivity index (χ1n) is 9.49. The number of aromatic nitrogens is 1. The van der Waals surface area contributed by atoms with Crippen molar-refractivity contribution in [2.75, 3.05) is 24.3 Å². The van der Waals surface area contributed by atoms with Gasteiger partial charge >= 0.3 is 0 Å². The highest BCUT2D eigenvalue weighted by Crippen LogP contribution is 2.20. The van der Waals surface area contributed by atoms with Crippen LogP contribution in [-0.4, -0.2) is 24.6 Å². The number of nitrogens with zero attached hydrogens (tertiary/aromatic N) is 3. The molecular weight excluding hydrogens is 360 g/mol. The van der Waals surface area contributed by atoms with Gasteiger partial charge in [-0.1, -0.05) is 19.1 Å². The summed E-state index contributed by atoms with van der Waals surface area (Å²) in [6.45, 7) is 2.08. The van der Waals surface area contributed by atoms with Crippen LogP contribution in [0.15, 0.2) is 72.4 Å². The number of carbonyl (C=O) groups is 1. The lowest BCUT2D eigenvalue weighted by atomic mass is 10.1. The number of benzene rings is 2. The Hall–Kier alpha value is -3.78. The number of nitrogens with one attached hydrogen (secondary N) is 1. The zero-order chi connectivity index (χ0) is 20.8. The topological polar surface area (TPSA) is 61.1 Å². The van der Waals surface area contributed by atoms with Gasteiger partial charge < -0.3 is 14.8 Å². The molecule has 0 radical (unpaired) electrons. The Morgan fingerprint density at radius 2 is 1.79 bits per heavy atom. The smallest absolute Gasteiger partial charge is 0.266 e. The Morgan fingerprint density at radius 3 is 2.38 bits per heavy atom. The average molecular weight is 384 g/mol. The van der Waals surface area contributed by atoms with Crippen LogP contribution in [0, 0.1) is 11.3 Å². The van der Waals surface area contributed by atoms with E-state index in [4.69, 9.17) is 0 Å². The number of hydrogen-bond donors (Lipinski definition) is 1. The van der Waals surface area contributed by atoms with Crippen molar-refractivity contribution in [3.05, 3.63) is 83.7 Å².